The fraction of sp³-hybridized carbons (Fsp3) is 0.273. The number of furan rings is 1. The first-order valence-electron chi connectivity index (χ1n) is 12.8. The van der Waals surface area contributed by atoms with Crippen molar-refractivity contribution in [2.75, 3.05) is 0 Å². The normalized spacial score (nSPS) is 18.7. The molecule has 0 bridgehead atoms. The Bertz CT molecular complexity index is 1560. The number of aromatic hydroxyl groups is 1. The number of hydrogen-bond acceptors (Lipinski definition) is 5. The predicted molar refractivity (Wildman–Crippen MR) is 149 cm³/mol. The first-order chi connectivity index (χ1) is 17.9. The monoisotopic (exact) mass is 508 g/mol. The van der Waals surface area contributed by atoms with E-state index in [1.807, 2.05) is 102 Å². The number of carbonyl (C=O) groups excluding carboxylic acids is 1. The van der Waals surface area contributed by atoms with Crippen LogP contribution in [0.25, 0.3) is 16.9 Å². The molecule has 38 heavy (non-hydrogen) atoms. The molecule has 1 N–H and O–H groups in total. The zero-order chi connectivity index (χ0) is 27.4. The van der Waals surface area contributed by atoms with Gasteiger partial charge in [-0.15, -0.1) is 0 Å². The first-order valence-corrected chi connectivity index (χ1v) is 12.8. The zero-order valence-electron chi connectivity index (χ0n) is 22.6. The number of carbonyl (C=O) groups is 1. The van der Waals surface area contributed by atoms with Crippen molar-refractivity contribution in [1.82, 2.24) is 0 Å². The van der Waals surface area contributed by atoms with Crippen molar-refractivity contribution < 1.29 is 19.1 Å². The van der Waals surface area contributed by atoms with Crippen LogP contribution in [-0.2, 0) is 20.4 Å². The van der Waals surface area contributed by atoms with Gasteiger partial charge in [0.1, 0.15) is 17.3 Å². The number of hydrogen-bond donors (Lipinski definition) is 1. The third-order valence-corrected chi connectivity index (χ3v) is 7.04. The number of rotatable bonds is 2. The second kappa shape index (κ2) is 9.02. The van der Waals surface area contributed by atoms with Gasteiger partial charge in [0.2, 0.25) is 0 Å². The number of phenolic OH excluding ortho intramolecular Hbond substituents is 1. The van der Waals surface area contributed by atoms with Gasteiger partial charge in [0, 0.05) is 22.3 Å². The van der Waals surface area contributed by atoms with Crippen LogP contribution < -0.4 is 5.63 Å². The van der Waals surface area contributed by atoms with Gasteiger partial charge in [0.25, 0.3) is 0 Å². The summed E-state index contributed by atoms with van der Waals surface area (Å²) in [5, 5.41) is 11.4. The molecule has 0 aromatic heterocycles. The Morgan fingerprint density at radius 2 is 1.53 bits per heavy atom. The number of fused-ring (bicyclic) bond motifs is 2. The summed E-state index contributed by atoms with van der Waals surface area (Å²) < 4.78 is 11.4. The topological polar surface area (TPSA) is 76.7 Å². The summed E-state index contributed by atoms with van der Waals surface area (Å²) in [5.41, 5.74) is 2.50. The van der Waals surface area contributed by atoms with Crippen LogP contribution in [0.2, 0.25) is 0 Å². The average molecular weight is 509 g/mol. The van der Waals surface area contributed by atoms with E-state index in [1.165, 1.54) is 0 Å². The molecule has 1 unspecified atom stereocenters. The van der Waals surface area contributed by atoms with E-state index in [0.717, 1.165) is 11.1 Å². The molecule has 1 aromatic carbocycles. The second-order valence-electron chi connectivity index (χ2n) is 11.9. The molecule has 1 atom stereocenters. The Morgan fingerprint density at radius 3 is 2.18 bits per heavy atom. The molecule has 1 aromatic rings. The largest absolute Gasteiger partial charge is 0.507 e. The van der Waals surface area contributed by atoms with E-state index >= 15 is 0 Å². The fourth-order valence-corrected chi connectivity index (χ4v) is 5.15. The lowest BCUT2D eigenvalue weighted by Gasteiger charge is -2.29. The highest BCUT2D eigenvalue weighted by atomic mass is 16.5. The molecule has 2 heterocycles. The molecule has 5 rings (SSSR count). The third kappa shape index (κ3) is 4.32. The lowest BCUT2D eigenvalue weighted by atomic mass is 9.76. The molecule has 1 fully saturated rings. The molecule has 1 saturated heterocycles. The molecule has 0 spiro atoms. The van der Waals surface area contributed by atoms with Gasteiger partial charge >= 0.3 is 11.6 Å². The Labute approximate surface area is 222 Å². The van der Waals surface area contributed by atoms with Crippen molar-refractivity contribution >= 4 is 11.5 Å². The molecule has 2 aliphatic carbocycles. The molecule has 5 nitrogen and oxygen atoms in total. The predicted octanol–water partition coefficient (Wildman–Crippen LogP) is 7.03. The minimum atomic E-state index is -0.530. The zero-order valence-corrected chi connectivity index (χ0v) is 22.6. The lowest BCUT2D eigenvalue weighted by molar-refractivity contribution is -0.132. The smallest absolute Gasteiger partial charge is 0.344 e. The molecule has 5 heteroatoms. The standard InChI is InChI=1S/C33H32O5/c1-32(2,3)22-17-19(18-23(29(22)34)33(4,5)6)26(27-20-13-9-7-11-15-24(20)37-30(27)35)28-21-14-10-8-12-16-25(21)38-31(28)36/h7-18,20,34H,1-6H3. The van der Waals surface area contributed by atoms with Crippen molar-refractivity contribution in [3.63, 3.8) is 0 Å². The van der Waals surface area contributed by atoms with Crippen molar-refractivity contribution in [3.05, 3.63) is 117 Å². The molecular formula is C33H32O5. The van der Waals surface area contributed by atoms with Crippen LogP contribution in [0.4, 0.5) is 0 Å². The highest BCUT2D eigenvalue weighted by molar-refractivity contribution is 6.07. The number of ether oxygens (including phenoxy) is 1. The Hall–Kier alpha value is -4.12. The van der Waals surface area contributed by atoms with Crippen LogP contribution in [0.15, 0.2) is 93.4 Å². The van der Waals surface area contributed by atoms with Gasteiger partial charge in [-0.1, -0.05) is 90.1 Å². The Balaban J connectivity index is 1.95. The van der Waals surface area contributed by atoms with Gasteiger partial charge in [-0.3, -0.25) is 0 Å². The molecule has 194 valence electrons. The van der Waals surface area contributed by atoms with Gasteiger partial charge in [-0.2, -0.15) is 0 Å². The minimum Gasteiger partial charge on any atom is -0.507 e. The highest BCUT2D eigenvalue weighted by Crippen LogP contribution is 2.46. The van der Waals surface area contributed by atoms with Crippen LogP contribution in [0, 0.1) is 5.92 Å². The molecule has 0 amide bonds. The van der Waals surface area contributed by atoms with Crippen LogP contribution in [0.1, 0.15) is 63.8 Å². The summed E-state index contributed by atoms with van der Waals surface area (Å²) in [6, 6.07) is 12.9. The summed E-state index contributed by atoms with van der Waals surface area (Å²) in [6.07, 6.45) is 9.24. The van der Waals surface area contributed by atoms with Gasteiger partial charge in [0.05, 0.1) is 17.1 Å². The minimum absolute atomic E-state index is 0.219. The van der Waals surface area contributed by atoms with Crippen molar-refractivity contribution in [2.24, 2.45) is 5.92 Å². The first kappa shape index (κ1) is 25.5. The van der Waals surface area contributed by atoms with E-state index in [2.05, 4.69) is 0 Å². The number of allylic oxidation sites excluding steroid dienone is 5. The van der Waals surface area contributed by atoms with E-state index in [0.29, 0.717) is 39.4 Å². The Morgan fingerprint density at radius 1 is 0.868 bits per heavy atom. The molecule has 0 radical (unpaired) electrons. The summed E-state index contributed by atoms with van der Waals surface area (Å²) in [4.78, 5) is 27.1. The van der Waals surface area contributed by atoms with Crippen molar-refractivity contribution in [3.8, 4) is 17.1 Å². The second-order valence-corrected chi connectivity index (χ2v) is 11.9. The van der Waals surface area contributed by atoms with Gasteiger partial charge in [-0.25, -0.2) is 9.59 Å². The lowest BCUT2D eigenvalue weighted by Crippen LogP contribution is -2.19. The fourth-order valence-electron chi connectivity index (χ4n) is 5.15. The van der Waals surface area contributed by atoms with Gasteiger partial charge in [-0.05, 0) is 40.7 Å². The van der Waals surface area contributed by atoms with E-state index in [1.54, 1.807) is 12.1 Å². The van der Waals surface area contributed by atoms with E-state index < -0.39 is 28.3 Å². The van der Waals surface area contributed by atoms with Crippen LogP contribution >= 0.6 is 0 Å². The van der Waals surface area contributed by atoms with E-state index in [-0.39, 0.29) is 5.75 Å². The number of esters is 1. The SMILES string of the molecule is CC(C)(C)c1cc(C(=C2C(=O)OC3=CC=CC=CC32)c2c3cccccc-3oc2=O)cc(C(C)(C)C)c1O. The van der Waals surface area contributed by atoms with E-state index in [4.69, 9.17) is 9.15 Å². The molecule has 4 aliphatic rings. The van der Waals surface area contributed by atoms with Gasteiger partial charge in [0.15, 0.2) is 0 Å². The summed E-state index contributed by atoms with van der Waals surface area (Å²) >= 11 is 0. The summed E-state index contributed by atoms with van der Waals surface area (Å²) in [6.45, 7) is 12.2. The maximum absolute atomic E-state index is 13.5. The molecule has 0 saturated carbocycles. The van der Waals surface area contributed by atoms with Crippen molar-refractivity contribution in [1.29, 1.82) is 0 Å². The van der Waals surface area contributed by atoms with Crippen LogP contribution in [-0.4, -0.2) is 11.1 Å². The summed E-state index contributed by atoms with van der Waals surface area (Å²) in [7, 11) is 0. The maximum Gasteiger partial charge on any atom is 0.344 e. The number of benzene rings is 1. The average Bonchev–Trinajstić information content (AvgIpc) is 3.07. The third-order valence-electron chi connectivity index (χ3n) is 7.04. The van der Waals surface area contributed by atoms with Crippen LogP contribution in [0.5, 0.6) is 5.75 Å². The molecular weight excluding hydrogens is 476 g/mol. The van der Waals surface area contributed by atoms with E-state index in [9.17, 15) is 14.7 Å². The maximum atomic E-state index is 13.5. The quantitative estimate of drug-likeness (QED) is 0.297. The molecule has 2 aliphatic heterocycles. The van der Waals surface area contributed by atoms with Crippen molar-refractivity contribution in [2.45, 2.75) is 52.4 Å². The highest BCUT2D eigenvalue weighted by Gasteiger charge is 2.40. The number of phenols is 1. The van der Waals surface area contributed by atoms with Crippen LogP contribution in [0.3, 0.4) is 0 Å². The summed E-state index contributed by atoms with van der Waals surface area (Å²) in [5.74, 6) is 0.174. The Kier molecular flexibility index (Phi) is 6.06. The van der Waals surface area contributed by atoms with Gasteiger partial charge < -0.3 is 14.3 Å².